The van der Waals surface area contributed by atoms with Crippen LogP contribution < -0.4 is 15.8 Å². The standard InChI is InChI=1S/C14H18F3N3O2/c15-9-1-2-11(12(7-9)22-8-13(16)17)19-10-3-5-20(6-4-10)14(18)21/h1-2,7,10,13,19H,3-6,8H2,(H2,18,21). The zero-order valence-electron chi connectivity index (χ0n) is 11.9. The first-order chi connectivity index (χ1) is 10.5. The molecule has 0 aliphatic carbocycles. The predicted octanol–water partition coefficient (Wildman–Crippen LogP) is 2.42. The molecule has 0 atom stereocenters. The van der Waals surface area contributed by atoms with Crippen molar-refractivity contribution >= 4 is 11.7 Å². The molecule has 0 unspecified atom stereocenters. The summed E-state index contributed by atoms with van der Waals surface area (Å²) in [6.07, 6.45) is -1.31. The molecule has 1 aliphatic rings. The Kier molecular flexibility index (Phi) is 5.35. The molecular formula is C14H18F3N3O2. The number of nitrogens with zero attached hydrogens (tertiary/aromatic N) is 1. The number of anilines is 1. The highest BCUT2D eigenvalue weighted by molar-refractivity contribution is 5.72. The smallest absolute Gasteiger partial charge is 0.314 e. The van der Waals surface area contributed by atoms with E-state index in [-0.39, 0.29) is 11.8 Å². The van der Waals surface area contributed by atoms with E-state index in [4.69, 9.17) is 10.5 Å². The van der Waals surface area contributed by atoms with Gasteiger partial charge in [0.05, 0.1) is 5.69 Å². The number of piperidine rings is 1. The minimum atomic E-state index is -2.63. The zero-order chi connectivity index (χ0) is 16.1. The van der Waals surface area contributed by atoms with E-state index < -0.39 is 24.9 Å². The number of carbonyl (C=O) groups is 1. The maximum atomic E-state index is 13.2. The van der Waals surface area contributed by atoms with Crippen LogP contribution >= 0.6 is 0 Å². The second-order valence-electron chi connectivity index (χ2n) is 5.09. The third kappa shape index (κ3) is 4.44. The Morgan fingerprint density at radius 3 is 2.68 bits per heavy atom. The molecule has 0 bridgehead atoms. The lowest BCUT2D eigenvalue weighted by molar-refractivity contribution is 0.0820. The van der Waals surface area contributed by atoms with Gasteiger partial charge < -0.3 is 20.7 Å². The molecule has 0 aromatic heterocycles. The van der Waals surface area contributed by atoms with Crippen LogP contribution in [0.2, 0.25) is 0 Å². The second-order valence-corrected chi connectivity index (χ2v) is 5.09. The highest BCUT2D eigenvalue weighted by Gasteiger charge is 2.22. The molecule has 2 rings (SSSR count). The average Bonchev–Trinajstić information content (AvgIpc) is 2.48. The first-order valence-corrected chi connectivity index (χ1v) is 6.97. The fourth-order valence-electron chi connectivity index (χ4n) is 2.35. The van der Waals surface area contributed by atoms with E-state index in [1.54, 1.807) is 0 Å². The molecule has 0 saturated carbocycles. The Bertz CT molecular complexity index is 520. The number of hydrogen-bond donors (Lipinski definition) is 2. The van der Waals surface area contributed by atoms with Crippen molar-refractivity contribution in [2.75, 3.05) is 25.0 Å². The number of carbonyl (C=O) groups excluding carboxylic acids is 1. The fourth-order valence-corrected chi connectivity index (χ4v) is 2.35. The van der Waals surface area contributed by atoms with Gasteiger partial charge in [-0.15, -0.1) is 0 Å². The lowest BCUT2D eigenvalue weighted by atomic mass is 10.0. The Hall–Kier alpha value is -2.12. The molecule has 2 amide bonds. The molecule has 1 aromatic carbocycles. The minimum Gasteiger partial charge on any atom is -0.485 e. The number of rotatable bonds is 5. The maximum absolute atomic E-state index is 13.2. The molecule has 5 nitrogen and oxygen atoms in total. The van der Waals surface area contributed by atoms with E-state index in [1.165, 1.54) is 17.0 Å². The van der Waals surface area contributed by atoms with Crippen LogP contribution in [0, 0.1) is 5.82 Å². The van der Waals surface area contributed by atoms with Crippen LogP contribution in [0.4, 0.5) is 23.7 Å². The van der Waals surface area contributed by atoms with E-state index in [0.29, 0.717) is 31.6 Å². The summed E-state index contributed by atoms with van der Waals surface area (Å²) in [6, 6.07) is 3.34. The molecule has 122 valence electrons. The first kappa shape index (κ1) is 16.3. The summed E-state index contributed by atoms with van der Waals surface area (Å²) < 4.78 is 42.7. The van der Waals surface area contributed by atoms with E-state index in [2.05, 4.69) is 5.32 Å². The van der Waals surface area contributed by atoms with Gasteiger partial charge in [0.2, 0.25) is 0 Å². The van der Waals surface area contributed by atoms with Crippen molar-refractivity contribution in [1.82, 2.24) is 4.90 Å². The van der Waals surface area contributed by atoms with Crippen molar-refractivity contribution in [2.45, 2.75) is 25.3 Å². The van der Waals surface area contributed by atoms with Crippen LogP contribution in [0.3, 0.4) is 0 Å². The molecule has 1 aliphatic heterocycles. The normalized spacial score (nSPS) is 15.9. The molecule has 1 fully saturated rings. The Morgan fingerprint density at radius 2 is 2.09 bits per heavy atom. The third-order valence-corrected chi connectivity index (χ3v) is 3.47. The summed E-state index contributed by atoms with van der Waals surface area (Å²) in [5.41, 5.74) is 5.67. The molecule has 1 aromatic rings. The number of likely N-dealkylation sites (tertiary alicyclic amines) is 1. The largest absolute Gasteiger partial charge is 0.485 e. The topological polar surface area (TPSA) is 67.6 Å². The summed E-state index contributed by atoms with van der Waals surface area (Å²) in [7, 11) is 0. The molecule has 22 heavy (non-hydrogen) atoms. The number of benzene rings is 1. The number of urea groups is 1. The third-order valence-electron chi connectivity index (χ3n) is 3.47. The zero-order valence-corrected chi connectivity index (χ0v) is 11.9. The number of nitrogens with two attached hydrogens (primary N) is 1. The summed E-state index contributed by atoms with van der Waals surface area (Å²) in [4.78, 5) is 12.6. The van der Waals surface area contributed by atoms with Crippen LogP contribution in [-0.2, 0) is 0 Å². The van der Waals surface area contributed by atoms with Crippen molar-refractivity contribution in [1.29, 1.82) is 0 Å². The second kappa shape index (κ2) is 7.24. The number of alkyl halides is 2. The molecule has 3 N–H and O–H groups in total. The molecule has 0 spiro atoms. The van der Waals surface area contributed by atoms with Crippen molar-refractivity contribution in [3.8, 4) is 5.75 Å². The number of primary amides is 1. The van der Waals surface area contributed by atoms with Crippen molar-refractivity contribution in [2.24, 2.45) is 5.73 Å². The molecular weight excluding hydrogens is 299 g/mol. The van der Waals surface area contributed by atoms with E-state index in [0.717, 1.165) is 6.07 Å². The van der Waals surface area contributed by atoms with Gasteiger partial charge >= 0.3 is 6.03 Å². The van der Waals surface area contributed by atoms with Crippen LogP contribution in [-0.4, -0.2) is 43.1 Å². The number of ether oxygens (including phenoxy) is 1. The van der Waals surface area contributed by atoms with E-state index in [1.807, 2.05) is 0 Å². The molecule has 0 radical (unpaired) electrons. The van der Waals surface area contributed by atoms with Crippen LogP contribution in [0.15, 0.2) is 18.2 Å². The number of halogens is 3. The lowest BCUT2D eigenvalue weighted by Crippen LogP contribution is -2.44. The maximum Gasteiger partial charge on any atom is 0.314 e. The minimum absolute atomic E-state index is 0.0370. The average molecular weight is 317 g/mol. The summed E-state index contributed by atoms with van der Waals surface area (Å²) in [5, 5.41) is 3.14. The Balaban J connectivity index is 1.99. The molecule has 1 saturated heterocycles. The Labute approximate surface area is 126 Å². The lowest BCUT2D eigenvalue weighted by Gasteiger charge is -2.32. The van der Waals surface area contributed by atoms with Gasteiger partial charge in [-0.05, 0) is 25.0 Å². The first-order valence-electron chi connectivity index (χ1n) is 6.97. The van der Waals surface area contributed by atoms with Gasteiger partial charge in [-0.25, -0.2) is 18.0 Å². The van der Waals surface area contributed by atoms with E-state index >= 15 is 0 Å². The number of nitrogens with one attached hydrogen (secondary N) is 1. The molecule has 1 heterocycles. The quantitative estimate of drug-likeness (QED) is 0.876. The van der Waals surface area contributed by atoms with Gasteiger partial charge in [-0.1, -0.05) is 0 Å². The van der Waals surface area contributed by atoms with Gasteiger partial charge in [0.25, 0.3) is 6.43 Å². The van der Waals surface area contributed by atoms with Crippen LogP contribution in [0.1, 0.15) is 12.8 Å². The van der Waals surface area contributed by atoms with Gasteiger partial charge in [-0.2, -0.15) is 0 Å². The summed E-state index contributed by atoms with van der Waals surface area (Å²) in [5.74, 6) is -0.504. The predicted molar refractivity (Wildman–Crippen MR) is 75.7 cm³/mol. The van der Waals surface area contributed by atoms with Crippen LogP contribution in [0.25, 0.3) is 0 Å². The fraction of sp³-hybridized carbons (Fsp3) is 0.500. The van der Waals surface area contributed by atoms with E-state index in [9.17, 15) is 18.0 Å². The van der Waals surface area contributed by atoms with Gasteiger partial charge in [0.15, 0.2) is 0 Å². The van der Waals surface area contributed by atoms with Crippen molar-refractivity contribution in [3.63, 3.8) is 0 Å². The Morgan fingerprint density at radius 1 is 1.41 bits per heavy atom. The SMILES string of the molecule is NC(=O)N1CCC(Nc2ccc(F)cc2OCC(F)F)CC1. The number of amides is 2. The summed E-state index contributed by atoms with van der Waals surface area (Å²) >= 11 is 0. The van der Waals surface area contributed by atoms with Gasteiger partial charge in [0, 0.05) is 25.2 Å². The van der Waals surface area contributed by atoms with Crippen LogP contribution in [0.5, 0.6) is 5.75 Å². The van der Waals surface area contributed by atoms with Gasteiger partial charge in [-0.3, -0.25) is 0 Å². The molecule has 8 heteroatoms. The van der Waals surface area contributed by atoms with Crippen molar-refractivity contribution < 1.29 is 22.7 Å². The highest BCUT2D eigenvalue weighted by Crippen LogP contribution is 2.28. The number of hydrogen-bond acceptors (Lipinski definition) is 3. The van der Waals surface area contributed by atoms with Gasteiger partial charge in [0.1, 0.15) is 18.2 Å². The highest BCUT2D eigenvalue weighted by atomic mass is 19.3. The summed E-state index contributed by atoms with van der Waals surface area (Å²) in [6.45, 7) is 0.237. The van der Waals surface area contributed by atoms with Crippen molar-refractivity contribution in [3.05, 3.63) is 24.0 Å². The monoisotopic (exact) mass is 317 g/mol.